The minimum Gasteiger partial charge on any atom is -0.489 e. The Labute approximate surface area is 199 Å². The van der Waals surface area contributed by atoms with E-state index in [1.54, 1.807) is 12.3 Å². The quantitative estimate of drug-likeness (QED) is 0.282. The van der Waals surface area contributed by atoms with Crippen LogP contribution >= 0.6 is 27.5 Å². The summed E-state index contributed by atoms with van der Waals surface area (Å²) < 4.78 is 8.03. The molecule has 1 aromatic heterocycles. The van der Waals surface area contributed by atoms with Gasteiger partial charge in [-0.05, 0) is 65.7 Å². The Hall–Kier alpha value is -2.96. The van der Waals surface area contributed by atoms with Gasteiger partial charge in [0.15, 0.2) is 0 Å². The molecule has 0 saturated carbocycles. The van der Waals surface area contributed by atoms with Crippen molar-refractivity contribution in [2.24, 2.45) is 5.10 Å². The number of rotatable bonds is 6. The van der Waals surface area contributed by atoms with E-state index in [1.807, 2.05) is 74.5 Å². The molecular weight excluding hydrogens is 490 g/mol. The van der Waals surface area contributed by atoms with Crippen LogP contribution in [-0.2, 0) is 6.61 Å². The number of nitrogens with zero attached hydrogens (tertiary/aromatic N) is 3. The van der Waals surface area contributed by atoms with Crippen LogP contribution in [0.3, 0.4) is 0 Å². The van der Waals surface area contributed by atoms with Crippen LogP contribution in [0.5, 0.6) is 5.75 Å². The maximum Gasteiger partial charge on any atom is 0.282 e. The second-order valence-electron chi connectivity index (χ2n) is 7.63. The third kappa shape index (κ3) is 5.09. The zero-order valence-electron chi connectivity index (χ0n) is 17.6. The SMILES string of the molecule is CC(C)c1nc2ccc(Br)cc2c(=O)n1N=Cc1ccc(OCc2ccc(Cl)cc2)cc1. The molecule has 32 heavy (non-hydrogen) atoms. The molecule has 0 aliphatic carbocycles. The van der Waals surface area contributed by atoms with Gasteiger partial charge < -0.3 is 4.74 Å². The van der Waals surface area contributed by atoms with Crippen LogP contribution in [0.1, 0.15) is 36.7 Å². The molecule has 0 amide bonds. The molecule has 0 bridgehead atoms. The molecule has 0 spiro atoms. The topological polar surface area (TPSA) is 56.5 Å². The lowest BCUT2D eigenvalue weighted by atomic mass is 10.2. The monoisotopic (exact) mass is 509 g/mol. The molecule has 0 radical (unpaired) electrons. The molecule has 0 unspecified atom stereocenters. The molecule has 5 nitrogen and oxygen atoms in total. The lowest BCUT2D eigenvalue weighted by Crippen LogP contribution is -2.23. The molecule has 0 saturated heterocycles. The van der Waals surface area contributed by atoms with E-state index in [9.17, 15) is 4.79 Å². The van der Waals surface area contributed by atoms with Crippen molar-refractivity contribution in [3.05, 3.63) is 104 Å². The van der Waals surface area contributed by atoms with Crippen LogP contribution in [0.15, 0.2) is 81.1 Å². The van der Waals surface area contributed by atoms with Gasteiger partial charge in [0.05, 0.1) is 17.1 Å². The number of benzene rings is 3. The van der Waals surface area contributed by atoms with Crippen LogP contribution in [-0.4, -0.2) is 15.9 Å². The van der Waals surface area contributed by atoms with E-state index in [0.29, 0.717) is 28.4 Å². The summed E-state index contributed by atoms with van der Waals surface area (Å²) in [7, 11) is 0. The lowest BCUT2D eigenvalue weighted by Gasteiger charge is -2.12. The molecule has 3 aromatic carbocycles. The van der Waals surface area contributed by atoms with Gasteiger partial charge >= 0.3 is 0 Å². The van der Waals surface area contributed by atoms with Gasteiger partial charge in [-0.3, -0.25) is 4.79 Å². The normalized spacial score (nSPS) is 11.5. The van der Waals surface area contributed by atoms with Gasteiger partial charge in [-0.25, -0.2) is 4.98 Å². The van der Waals surface area contributed by atoms with Crippen molar-refractivity contribution in [3.63, 3.8) is 0 Å². The van der Waals surface area contributed by atoms with Crippen molar-refractivity contribution in [3.8, 4) is 5.75 Å². The van der Waals surface area contributed by atoms with Crippen LogP contribution in [0.4, 0.5) is 0 Å². The summed E-state index contributed by atoms with van der Waals surface area (Å²) in [5.74, 6) is 1.40. The van der Waals surface area contributed by atoms with E-state index < -0.39 is 0 Å². The second-order valence-corrected chi connectivity index (χ2v) is 8.98. The predicted octanol–water partition coefficient (Wildman–Crippen LogP) is 6.40. The summed E-state index contributed by atoms with van der Waals surface area (Å²) in [5, 5.41) is 5.68. The zero-order valence-corrected chi connectivity index (χ0v) is 20.0. The minimum absolute atomic E-state index is 0.0385. The van der Waals surface area contributed by atoms with Crippen molar-refractivity contribution in [2.45, 2.75) is 26.4 Å². The fourth-order valence-electron chi connectivity index (χ4n) is 3.17. The molecule has 0 fully saturated rings. The van der Waals surface area contributed by atoms with E-state index in [4.69, 9.17) is 16.3 Å². The first-order valence-corrected chi connectivity index (χ1v) is 11.3. The van der Waals surface area contributed by atoms with Crippen LogP contribution in [0.25, 0.3) is 10.9 Å². The van der Waals surface area contributed by atoms with Crippen molar-refractivity contribution >= 4 is 44.6 Å². The Morgan fingerprint density at radius 2 is 1.81 bits per heavy atom. The summed E-state index contributed by atoms with van der Waals surface area (Å²) in [6.45, 7) is 4.44. The van der Waals surface area contributed by atoms with E-state index >= 15 is 0 Å². The highest BCUT2D eigenvalue weighted by atomic mass is 79.9. The Kier molecular flexibility index (Phi) is 6.72. The summed E-state index contributed by atoms with van der Waals surface area (Å²) in [5.41, 5.74) is 2.35. The molecular formula is C25H21BrClN3O2. The highest BCUT2D eigenvalue weighted by Gasteiger charge is 2.13. The molecule has 162 valence electrons. The third-order valence-electron chi connectivity index (χ3n) is 4.87. The van der Waals surface area contributed by atoms with Gasteiger partial charge in [0.25, 0.3) is 5.56 Å². The Bertz CT molecular complexity index is 1330. The predicted molar refractivity (Wildman–Crippen MR) is 133 cm³/mol. The van der Waals surface area contributed by atoms with Gasteiger partial charge in [-0.15, -0.1) is 0 Å². The summed E-state index contributed by atoms with van der Waals surface area (Å²) in [4.78, 5) is 17.7. The van der Waals surface area contributed by atoms with Crippen LogP contribution in [0, 0.1) is 0 Å². The van der Waals surface area contributed by atoms with Crippen molar-refractivity contribution in [1.82, 2.24) is 9.66 Å². The zero-order chi connectivity index (χ0) is 22.7. The largest absolute Gasteiger partial charge is 0.489 e. The van der Waals surface area contributed by atoms with Crippen molar-refractivity contribution in [2.75, 3.05) is 0 Å². The summed E-state index contributed by atoms with van der Waals surface area (Å²) in [6.07, 6.45) is 1.65. The molecule has 0 aliphatic heterocycles. The molecule has 4 aromatic rings. The van der Waals surface area contributed by atoms with Gasteiger partial charge in [0.2, 0.25) is 0 Å². The highest BCUT2D eigenvalue weighted by molar-refractivity contribution is 9.10. The fourth-order valence-corrected chi connectivity index (χ4v) is 3.66. The van der Waals surface area contributed by atoms with Crippen molar-refractivity contribution in [1.29, 1.82) is 0 Å². The number of ether oxygens (including phenoxy) is 1. The first-order chi connectivity index (χ1) is 15.4. The average Bonchev–Trinajstić information content (AvgIpc) is 2.79. The van der Waals surface area contributed by atoms with Gasteiger partial charge in [-0.2, -0.15) is 9.78 Å². The smallest absolute Gasteiger partial charge is 0.282 e. The van der Waals surface area contributed by atoms with E-state index in [1.165, 1.54) is 4.68 Å². The van der Waals surface area contributed by atoms with Crippen LogP contribution in [0.2, 0.25) is 5.02 Å². The molecule has 0 atom stereocenters. The minimum atomic E-state index is -0.195. The van der Waals surface area contributed by atoms with E-state index in [0.717, 1.165) is 21.3 Å². The maximum atomic E-state index is 13.1. The Balaban J connectivity index is 1.56. The number of hydrogen-bond acceptors (Lipinski definition) is 4. The fraction of sp³-hybridized carbons (Fsp3) is 0.160. The number of aromatic nitrogens is 2. The number of hydrogen-bond donors (Lipinski definition) is 0. The van der Waals surface area contributed by atoms with Gasteiger partial charge in [-0.1, -0.05) is 53.5 Å². The summed E-state index contributed by atoms with van der Waals surface area (Å²) in [6, 6.07) is 20.6. The second kappa shape index (κ2) is 9.67. The molecule has 4 rings (SSSR count). The lowest BCUT2D eigenvalue weighted by molar-refractivity contribution is 0.306. The molecule has 7 heteroatoms. The van der Waals surface area contributed by atoms with Crippen molar-refractivity contribution < 1.29 is 4.74 Å². The highest BCUT2D eigenvalue weighted by Crippen LogP contribution is 2.19. The first-order valence-electron chi connectivity index (χ1n) is 10.1. The third-order valence-corrected chi connectivity index (χ3v) is 5.62. The summed E-state index contributed by atoms with van der Waals surface area (Å²) >= 11 is 9.33. The average molecular weight is 511 g/mol. The van der Waals surface area contributed by atoms with Gasteiger partial charge in [0, 0.05) is 15.4 Å². The standard InChI is InChI=1S/C25H21BrClN3O2/c1-16(2)24-29-23-12-7-19(26)13-22(23)25(31)30(24)28-14-17-5-10-21(11-6-17)32-15-18-3-8-20(27)9-4-18/h3-14,16H,15H2,1-2H3. The Morgan fingerprint density at radius 3 is 2.50 bits per heavy atom. The molecule has 0 aliphatic rings. The number of fused-ring (bicyclic) bond motifs is 1. The van der Waals surface area contributed by atoms with E-state index in [2.05, 4.69) is 26.0 Å². The van der Waals surface area contributed by atoms with E-state index in [-0.39, 0.29) is 11.5 Å². The van der Waals surface area contributed by atoms with Gasteiger partial charge in [0.1, 0.15) is 18.2 Å². The first kappa shape index (κ1) is 22.2. The Morgan fingerprint density at radius 1 is 1.09 bits per heavy atom. The van der Waals surface area contributed by atoms with Crippen LogP contribution < -0.4 is 10.3 Å². The maximum absolute atomic E-state index is 13.1. The molecule has 1 heterocycles. The number of halogens is 2. The molecule has 0 N–H and O–H groups in total.